The van der Waals surface area contributed by atoms with Crippen LogP contribution in [0.2, 0.25) is 0 Å². The summed E-state index contributed by atoms with van der Waals surface area (Å²) in [5, 5.41) is 0. The van der Waals surface area contributed by atoms with Crippen LogP contribution in [0.3, 0.4) is 0 Å². The van der Waals surface area contributed by atoms with Crippen LogP contribution >= 0.6 is 0 Å². The highest BCUT2D eigenvalue weighted by molar-refractivity contribution is 5.86. The first kappa shape index (κ1) is 20.8. The molecule has 0 aliphatic heterocycles. The largest absolute Gasteiger partial charge is 0.460 e. The Bertz CT molecular complexity index is 306. The number of ether oxygens (including phenoxy) is 4. The van der Waals surface area contributed by atoms with Gasteiger partial charge in [-0.3, -0.25) is 0 Å². The van der Waals surface area contributed by atoms with Crippen LogP contribution in [0, 0.1) is 0 Å². The molecule has 0 aromatic heterocycles. The van der Waals surface area contributed by atoms with Crippen molar-refractivity contribution in [1.82, 2.24) is 0 Å². The number of isocyanates is 1. The van der Waals surface area contributed by atoms with Crippen molar-refractivity contribution < 1.29 is 28.5 Å². The normalized spacial score (nSPS) is 9.25. The SMILES string of the molecule is C=C(C)C(=O)OCCN=C=O.COCC(COC)OC. The second-order valence-electron chi connectivity index (χ2n) is 3.66. The zero-order valence-corrected chi connectivity index (χ0v) is 12.5. The third-order valence-corrected chi connectivity index (χ3v) is 1.89. The van der Waals surface area contributed by atoms with Gasteiger partial charge in [0, 0.05) is 26.9 Å². The van der Waals surface area contributed by atoms with Crippen LogP contribution < -0.4 is 0 Å². The quantitative estimate of drug-likeness (QED) is 0.205. The standard InChI is InChI=1S/C7H9NO3.C6H14O3/c1-6(2)7(10)11-4-3-8-5-9;1-7-4-6(9-3)5-8-2/h1,3-4H2,2H3;6H,4-5H2,1-3H3. The van der Waals surface area contributed by atoms with Crippen LogP contribution in [-0.4, -0.2) is 65.8 Å². The third kappa shape index (κ3) is 14.5. The maximum Gasteiger partial charge on any atom is 0.333 e. The molecule has 0 aliphatic rings. The minimum Gasteiger partial charge on any atom is -0.460 e. The molecule has 0 aliphatic carbocycles. The Morgan fingerprint density at radius 2 is 1.80 bits per heavy atom. The van der Waals surface area contributed by atoms with Crippen molar-refractivity contribution in [3.8, 4) is 0 Å². The van der Waals surface area contributed by atoms with Crippen molar-refractivity contribution in [2.45, 2.75) is 13.0 Å². The Balaban J connectivity index is 0. The van der Waals surface area contributed by atoms with Crippen LogP contribution in [0.25, 0.3) is 0 Å². The fourth-order valence-corrected chi connectivity index (χ4v) is 0.909. The Kier molecular flexibility index (Phi) is 16.1. The van der Waals surface area contributed by atoms with Gasteiger partial charge >= 0.3 is 5.97 Å². The van der Waals surface area contributed by atoms with E-state index in [1.807, 2.05) is 0 Å². The lowest BCUT2D eigenvalue weighted by Gasteiger charge is -2.11. The zero-order valence-electron chi connectivity index (χ0n) is 12.5. The first-order chi connectivity index (χ1) is 9.53. The molecule has 0 aromatic carbocycles. The average Bonchev–Trinajstić information content (AvgIpc) is 2.43. The molecule has 0 heterocycles. The molecule has 20 heavy (non-hydrogen) atoms. The van der Waals surface area contributed by atoms with E-state index in [1.165, 1.54) is 6.08 Å². The van der Waals surface area contributed by atoms with Gasteiger partial charge in [-0.05, 0) is 6.92 Å². The highest BCUT2D eigenvalue weighted by atomic mass is 16.5. The van der Waals surface area contributed by atoms with Gasteiger partial charge in [-0.1, -0.05) is 6.58 Å². The van der Waals surface area contributed by atoms with E-state index in [9.17, 15) is 9.59 Å². The lowest BCUT2D eigenvalue weighted by atomic mass is 10.4. The first-order valence-corrected chi connectivity index (χ1v) is 5.90. The monoisotopic (exact) mass is 289 g/mol. The van der Waals surface area contributed by atoms with Crippen LogP contribution in [0.15, 0.2) is 17.1 Å². The summed E-state index contributed by atoms with van der Waals surface area (Å²) in [4.78, 5) is 23.4. The van der Waals surface area contributed by atoms with Gasteiger partial charge in [-0.2, -0.15) is 0 Å². The van der Waals surface area contributed by atoms with Gasteiger partial charge in [-0.25, -0.2) is 14.6 Å². The van der Waals surface area contributed by atoms with E-state index in [0.717, 1.165) is 0 Å². The summed E-state index contributed by atoms with van der Waals surface area (Å²) in [7, 11) is 4.92. The Morgan fingerprint density at radius 1 is 1.25 bits per heavy atom. The maximum atomic E-state index is 10.6. The number of hydrogen-bond donors (Lipinski definition) is 0. The predicted octanol–water partition coefficient (Wildman–Crippen LogP) is 0.736. The van der Waals surface area contributed by atoms with Gasteiger partial charge in [0.05, 0.1) is 19.8 Å². The minimum atomic E-state index is -0.467. The molecule has 0 rings (SSSR count). The summed E-state index contributed by atoms with van der Waals surface area (Å²) in [6.45, 7) is 6.35. The second kappa shape index (κ2) is 15.5. The molecule has 0 unspecified atom stereocenters. The summed E-state index contributed by atoms with van der Waals surface area (Å²) < 4.78 is 19.3. The van der Waals surface area contributed by atoms with Gasteiger partial charge in [0.25, 0.3) is 0 Å². The third-order valence-electron chi connectivity index (χ3n) is 1.89. The summed E-state index contributed by atoms with van der Waals surface area (Å²) in [6.07, 6.45) is 1.40. The van der Waals surface area contributed by atoms with Crippen LogP contribution in [0.4, 0.5) is 0 Å². The number of rotatable bonds is 9. The molecule has 0 amide bonds. The molecule has 0 N–H and O–H groups in total. The molecule has 0 atom stereocenters. The van der Waals surface area contributed by atoms with Crippen molar-refractivity contribution >= 4 is 12.0 Å². The van der Waals surface area contributed by atoms with E-state index < -0.39 is 5.97 Å². The number of aliphatic imine (C=N–C) groups is 1. The molecular formula is C13H23NO6. The lowest BCUT2D eigenvalue weighted by molar-refractivity contribution is -0.138. The smallest absolute Gasteiger partial charge is 0.333 e. The van der Waals surface area contributed by atoms with Crippen molar-refractivity contribution in [3.05, 3.63) is 12.2 Å². The van der Waals surface area contributed by atoms with Crippen LogP contribution in [-0.2, 0) is 28.5 Å². The highest BCUT2D eigenvalue weighted by Gasteiger charge is 2.03. The lowest BCUT2D eigenvalue weighted by Crippen LogP contribution is -2.22. The number of esters is 1. The number of hydrogen-bond acceptors (Lipinski definition) is 7. The van der Waals surface area contributed by atoms with Gasteiger partial charge in [-0.15, -0.1) is 0 Å². The molecule has 0 fully saturated rings. The van der Waals surface area contributed by atoms with E-state index in [2.05, 4.69) is 16.3 Å². The Labute approximate surface area is 119 Å². The predicted molar refractivity (Wildman–Crippen MR) is 73.3 cm³/mol. The Morgan fingerprint density at radius 3 is 2.15 bits per heavy atom. The molecule has 0 saturated carbocycles. The topological polar surface area (TPSA) is 83.4 Å². The minimum absolute atomic E-state index is 0.0694. The zero-order chi connectivity index (χ0) is 15.8. The molecule has 0 aromatic rings. The van der Waals surface area contributed by atoms with Gasteiger partial charge < -0.3 is 18.9 Å². The van der Waals surface area contributed by atoms with Crippen molar-refractivity contribution in [3.63, 3.8) is 0 Å². The summed E-state index contributed by atoms with van der Waals surface area (Å²) in [5.41, 5.74) is 0.333. The Hall–Kier alpha value is -1.53. The second-order valence-corrected chi connectivity index (χ2v) is 3.66. The van der Waals surface area contributed by atoms with Gasteiger partial charge in [0.2, 0.25) is 6.08 Å². The molecular weight excluding hydrogens is 266 g/mol. The summed E-state index contributed by atoms with van der Waals surface area (Å²) in [6, 6.07) is 0. The van der Waals surface area contributed by atoms with Gasteiger partial charge in [0.1, 0.15) is 12.7 Å². The van der Waals surface area contributed by atoms with Crippen LogP contribution in [0.1, 0.15) is 6.92 Å². The van der Waals surface area contributed by atoms with E-state index in [-0.39, 0.29) is 19.3 Å². The number of carbonyl (C=O) groups excluding carboxylic acids is 2. The maximum absolute atomic E-state index is 10.6. The van der Waals surface area contributed by atoms with E-state index in [0.29, 0.717) is 18.8 Å². The van der Waals surface area contributed by atoms with Crippen molar-refractivity contribution in [1.29, 1.82) is 0 Å². The van der Waals surface area contributed by atoms with E-state index in [4.69, 9.17) is 14.2 Å². The van der Waals surface area contributed by atoms with Crippen LogP contribution in [0.5, 0.6) is 0 Å². The number of methoxy groups -OCH3 is 3. The van der Waals surface area contributed by atoms with E-state index >= 15 is 0 Å². The highest BCUT2D eigenvalue weighted by Crippen LogP contribution is 1.91. The summed E-state index contributed by atoms with van der Waals surface area (Å²) >= 11 is 0. The molecule has 0 saturated heterocycles. The molecule has 7 heteroatoms. The molecule has 0 radical (unpaired) electrons. The molecule has 7 nitrogen and oxygen atoms in total. The fraction of sp³-hybridized carbons (Fsp3) is 0.692. The first-order valence-electron chi connectivity index (χ1n) is 5.90. The van der Waals surface area contributed by atoms with Crippen molar-refractivity contribution in [2.75, 3.05) is 47.7 Å². The molecule has 0 bridgehead atoms. The molecule has 0 spiro atoms. The number of nitrogens with zero attached hydrogens (tertiary/aromatic N) is 1. The fourth-order valence-electron chi connectivity index (χ4n) is 0.909. The average molecular weight is 289 g/mol. The number of carbonyl (C=O) groups is 1. The van der Waals surface area contributed by atoms with Gasteiger partial charge in [0.15, 0.2) is 0 Å². The van der Waals surface area contributed by atoms with Crippen molar-refractivity contribution in [2.24, 2.45) is 4.99 Å². The van der Waals surface area contributed by atoms with E-state index in [1.54, 1.807) is 28.3 Å². The molecule has 116 valence electrons. The summed E-state index contributed by atoms with van der Waals surface area (Å²) in [5.74, 6) is -0.467.